The lowest BCUT2D eigenvalue weighted by atomic mass is 9.93. The first-order valence-corrected chi connectivity index (χ1v) is 22.6. The second kappa shape index (κ2) is 25.8. The zero-order chi connectivity index (χ0) is 47.5. The molecule has 0 bridgehead atoms. The Morgan fingerprint density at radius 3 is 2.00 bits per heavy atom. The van der Waals surface area contributed by atoms with Crippen LogP contribution in [0.4, 0.5) is 0 Å². The van der Waals surface area contributed by atoms with Gasteiger partial charge < -0.3 is 35.1 Å². The van der Waals surface area contributed by atoms with E-state index >= 15 is 4.79 Å². The first-order valence-electron chi connectivity index (χ1n) is 22.6. The summed E-state index contributed by atoms with van der Waals surface area (Å²) >= 11 is 0. The molecule has 2 aromatic carbocycles. The molecule has 0 saturated carbocycles. The summed E-state index contributed by atoms with van der Waals surface area (Å²) in [5.41, 5.74) is 0.629. The molecule has 5 atom stereocenters. The number of esters is 1. The van der Waals surface area contributed by atoms with Crippen LogP contribution in [0, 0.1) is 24.2 Å². The number of benzene rings is 2. The Kier molecular flexibility index (Phi) is 20.6. The van der Waals surface area contributed by atoms with Gasteiger partial charge in [0.1, 0.15) is 23.7 Å². The smallest absolute Gasteiger partial charge is 0.308 e. The summed E-state index contributed by atoms with van der Waals surface area (Å²) in [7, 11) is 1.52. The van der Waals surface area contributed by atoms with Crippen molar-refractivity contribution in [3.8, 4) is 12.3 Å². The van der Waals surface area contributed by atoms with Gasteiger partial charge in [-0.3, -0.25) is 43.4 Å². The molecule has 16 nitrogen and oxygen atoms in total. The second-order valence-corrected chi connectivity index (χ2v) is 17.9. The van der Waals surface area contributed by atoms with Gasteiger partial charge in [-0.15, -0.1) is 6.42 Å². The molecule has 0 aromatic heterocycles. The number of Topliss-reactive ketones (excluding diaryl/α,β-unsaturated/α-hetero) is 1. The number of morpholine rings is 1. The number of terminal acetylenes is 1. The summed E-state index contributed by atoms with van der Waals surface area (Å²) in [6.45, 7) is 10.9. The highest BCUT2D eigenvalue weighted by Gasteiger charge is 2.50. The molecule has 354 valence electrons. The Morgan fingerprint density at radius 2 is 1.42 bits per heavy atom. The van der Waals surface area contributed by atoms with Gasteiger partial charge in [0.05, 0.1) is 45.4 Å². The Labute approximate surface area is 383 Å². The molecular weight excluding hydrogens is 833 g/mol. The molecule has 2 aromatic rings. The van der Waals surface area contributed by atoms with E-state index in [2.05, 4.69) is 21.9 Å². The maximum absolute atomic E-state index is 15.1. The van der Waals surface area contributed by atoms with Crippen LogP contribution >= 0.6 is 0 Å². The van der Waals surface area contributed by atoms with Crippen molar-refractivity contribution in [1.29, 1.82) is 0 Å². The number of carbonyl (C=O) groups is 7. The third-order valence-electron chi connectivity index (χ3n) is 11.3. The molecule has 2 aliphatic heterocycles. The summed E-state index contributed by atoms with van der Waals surface area (Å²) in [5.74, 6) is -1.64. The Morgan fingerprint density at radius 1 is 0.815 bits per heavy atom. The number of epoxide rings is 1. The van der Waals surface area contributed by atoms with E-state index < -0.39 is 66.1 Å². The molecule has 0 aliphatic carbocycles. The number of hydrogen-bond donors (Lipinski definition) is 3. The zero-order valence-electron chi connectivity index (χ0n) is 38.8. The highest BCUT2D eigenvalue weighted by atomic mass is 16.6. The first-order chi connectivity index (χ1) is 31.0. The number of rotatable bonds is 26. The second-order valence-electron chi connectivity index (χ2n) is 17.9. The van der Waals surface area contributed by atoms with Crippen molar-refractivity contribution >= 4 is 41.3 Å². The van der Waals surface area contributed by atoms with Gasteiger partial charge in [-0.05, 0) is 55.6 Å². The lowest BCUT2D eigenvalue weighted by Crippen LogP contribution is -2.60. The van der Waals surface area contributed by atoms with Gasteiger partial charge in [-0.25, -0.2) is 0 Å². The number of aryl methyl sites for hydroxylation is 1. The number of nitrogens with one attached hydrogen (secondary N) is 3. The zero-order valence-corrected chi connectivity index (χ0v) is 38.8. The van der Waals surface area contributed by atoms with Gasteiger partial charge in [0.25, 0.3) is 0 Å². The van der Waals surface area contributed by atoms with Crippen LogP contribution in [-0.4, -0.2) is 146 Å². The molecule has 2 fully saturated rings. The van der Waals surface area contributed by atoms with Crippen LogP contribution in [0.1, 0.15) is 77.8 Å². The number of nitrogens with zero attached hydrogens (tertiary/aromatic N) is 3. The normalized spacial score (nSPS) is 17.7. The number of ketones is 1. The van der Waals surface area contributed by atoms with Crippen molar-refractivity contribution in [2.45, 2.75) is 109 Å². The molecule has 5 amide bonds. The molecule has 3 N–H and O–H groups in total. The van der Waals surface area contributed by atoms with Gasteiger partial charge in [0, 0.05) is 33.0 Å². The third-order valence-corrected chi connectivity index (χ3v) is 11.3. The predicted octanol–water partition coefficient (Wildman–Crippen LogP) is 2.67. The molecule has 16 heteroatoms. The average Bonchev–Trinajstić information content (AvgIpc) is 4.04. The minimum atomic E-state index is -1.31. The summed E-state index contributed by atoms with van der Waals surface area (Å²) in [4.78, 5) is 102. The summed E-state index contributed by atoms with van der Waals surface area (Å²) in [6.07, 6.45) is 5.79. The van der Waals surface area contributed by atoms with E-state index in [0.717, 1.165) is 16.0 Å². The van der Waals surface area contributed by atoms with E-state index in [9.17, 15) is 28.8 Å². The summed E-state index contributed by atoms with van der Waals surface area (Å²) < 4.78 is 16.6. The van der Waals surface area contributed by atoms with Gasteiger partial charge in [-0.1, -0.05) is 94.3 Å². The molecule has 2 saturated heterocycles. The van der Waals surface area contributed by atoms with E-state index in [1.807, 2.05) is 93.3 Å². The SMILES string of the molecule is C#CCN(C)C(=O)CCC(=O)OCN(C(=O)C(CCc1ccccc1)NC(=O)CN1CCOCC1)C(CC(C)C)C(=O)NC(Cc1ccccc1)C(=O)NC(CC(C)C)C(=O)C1(C)CO1. The molecule has 4 rings (SSSR count). The van der Waals surface area contributed by atoms with Crippen molar-refractivity contribution < 1.29 is 47.8 Å². The molecule has 2 heterocycles. The Hall–Kier alpha value is -5.63. The topological polar surface area (TPSA) is 196 Å². The highest BCUT2D eigenvalue weighted by molar-refractivity contribution is 5.99. The number of hydrogen-bond acceptors (Lipinski definition) is 11. The maximum Gasteiger partial charge on any atom is 0.308 e. The standard InChI is InChI=1S/C49H68N6O10/c1-8-23-53(7)43(57)21-22-44(58)64-33-55(48(62)38(20-19-36-15-11-9-12-16-36)50-42(56)31-54-24-26-63-27-25-54)41(29-35(4)5)47(61)52-40(30-37-17-13-10-14-18-37)46(60)51-39(28-34(2)3)45(59)49(6)32-65-49/h1,9-18,34-35,38-41H,19-33H2,2-7H3,(H,50,56)(H,51,60)(H,52,61). The van der Waals surface area contributed by atoms with Crippen LogP contribution < -0.4 is 16.0 Å². The Balaban J connectivity index is 1.70. The lowest BCUT2D eigenvalue weighted by Gasteiger charge is -2.35. The fraction of sp³-hybridized carbons (Fsp3) is 0.571. The van der Waals surface area contributed by atoms with Crippen molar-refractivity contribution in [2.24, 2.45) is 11.8 Å². The van der Waals surface area contributed by atoms with E-state index in [0.29, 0.717) is 39.1 Å². The molecule has 0 radical (unpaired) electrons. The first kappa shape index (κ1) is 52.0. The number of ether oxygens (including phenoxy) is 3. The van der Waals surface area contributed by atoms with Crippen LogP contribution in [0.15, 0.2) is 60.7 Å². The molecular formula is C49H68N6O10. The fourth-order valence-corrected chi connectivity index (χ4v) is 7.51. The Bertz CT molecular complexity index is 1940. The molecule has 2 aliphatic rings. The minimum absolute atomic E-state index is 0.00732. The van der Waals surface area contributed by atoms with Crippen LogP contribution in [0.25, 0.3) is 0 Å². The van der Waals surface area contributed by atoms with Gasteiger partial charge >= 0.3 is 5.97 Å². The van der Waals surface area contributed by atoms with Crippen molar-refractivity contribution in [2.75, 3.05) is 59.8 Å². The lowest BCUT2D eigenvalue weighted by molar-refractivity contribution is -0.161. The van der Waals surface area contributed by atoms with Gasteiger partial charge in [0.15, 0.2) is 12.5 Å². The van der Waals surface area contributed by atoms with Crippen molar-refractivity contribution in [3.05, 3.63) is 71.8 Å². The van der Waals surface area contributed by atoms with Gasteiger partial charge in [-0.2, -0.15) is 0 Å². The predicted molar refractivity (Wildman–Crippen MR) is 244 cm³/mol. The minimum Gasteiger partial charge on any atom is -0.444 e. The molecule has 65 heavy (non-hydrogen) atoms. The monoisotopic (exact) mass is 900 g/mol. The quantitative estimate of drug-likeness (QED) is 0.0544. The van der Waals surface area contributed by atoms with Crippen LogP contribution in [0.2, 0.25) is 0 Å². The van der Waals surface area contributed by atoms with Crippen LogP contribution in [0.5, 0.6) is 0 Å². The summed E-state index contributed by atoms with van der Waals surface area (Å²) in [5, 5.41) is 8.72. The maximum atomic E-state index is 15.1. The van der Waals surface area contributed by atoms with Crippen LogP contribution in [0.3, 0.4) is 0 Å². The fourth-order valence-electron chi connectivity index (χ4n) is 7.51. The van der Waals surface area contributed by atoms with E-state index in [1.54, 1.807) is 6.92 Å². The summed E-state index contributed by atoms with van der Waals surface area (Å²) in [6, 6.07) is 13.9. The van der Waals surface area contributed by atoms with Crippen molar-refractivity contribution in [1.82, 2.24) is 30.7 Å². The van der Waals surface area contributed by atoms with Gasteiger partial charge in [0.2, 0.25) is 29.5 Å². The van der Waals surface area contributed by atoms with E-state index in [-0.39, 0.29) is 75.3 Å². The number of amides is 5. The van der Waals surface area contributed by atoms with Crippen LogP contribution in [-0.2, 0) is 60.6 Å². The van der Waals surface area contributed by atoms with E-state index in [1.165, 1.54) is 11.9 Å². The highest BCUT2D eigenvalue weighted by Crippen LogP contribution is 2.30. The average molecular weight is 901 g/mol. The third kappa shape index (κ3) is 17.4. The number of carbonyl (C=O) groups excluding carboxylic acids is 7. The van der Waals surface area contributed by atoms with E-state index in [4.69, 9.17) is 20.6 Å². The molecule has 5 unspecified atom stereocenters. The van der Waals surface area contributed by atoms with Crippen molar-refractivity contribution in [3.63, 3.8) is 0 Å². The largest absolute Gasteiger partial charge is 0.444 e. The molecule has 0 spiro atoms.